The SMILES string of the molecule is Cc1oc(-c2ccccc2)nc1CC(=O)Nc1ccc2c(c1)OC(C(=O)O)(C(=O)O)O2. The Morgan fingerprint density at radius 1 is 1.00 bits per heavy atom. The van der Waals surface area contributed by atoms with Gasteiger partial charge in [-0.15, -0.1) is 0 Å². The highest BCUT2D eigenvalue weighted by Crippen LogP contribution is 2.41. The second kappa shape index (κ2) is 7.48. The minimum atomic E-state index is -2.86. The van der Waals surface area contributed by atoms with E-state index in [-0.39, 0.29) is 23.6 Å². The maximum Gasteiger partial charge on any atom is 0.453 e. The molecule has 0 aliphatic carbocycles. The van der Waals surface area contributed by atoms with Crippen LogP contribution in [0.25, 0.3) is 11.5 Å². The van der Waals surface area contributed by atoms with E-state index in [2.05, 4.69) is 10.3 Å². The van der Waals surface area contributed by atoms with Crippen LogP contribution in [0.5, 0.6) is 11.5 Å². The van der Waals surface area contributed by atoms with Gasteiger partial charge in [0.25, 0.3) is 0 Å². The zero-order valence-electron chi connectivity index (χ0n) is 16.1. The number of anilines is 1. The zero-order valence-corrected chi connectivity index (χ0v) is 16.1. The van der Waals surface area contributed by atoms with E-state index in [1.165, 1.54) is 18.2 Å². The van der Waals surface area contributed by atoms with Crippen molar-refractivity contribution in [3.63, 3.8) is 0 Å². The number of nitrogens with one attached hydrogen (secondary N) is 1. The number of benzene rings is 2. The normalized spacial score (nSPS) is 13.6. The quantitative estimate of drug-likeness (QED) is 0.507. The number of carbonyl (C=O) groups is 3. The Bertz CT molecular complexity index is 1170. The highest BCUT2D eigenvalue weighted by atomic mass is 16.8. The number of amides is 1. The maximum absolute atomic E-state index is 12.5. The van der Waals surface area contributed by atoms with Crippen molar-refractivity contribution in [3.05, 3.63) is 60.0 Å². The third-order valence-corrected chi connectivity index (χ3v) is 4.54. The van der Waals surface area contributed by atoms with Gasteiger partial charge in [-0.2, -0.15) is 0 Å². The van der Waals surface area contributed by atoms with Crippen LogP contribution in [0.3, 0.4) is 0 Å². The number of fused-ring (bicyclic) bond motifs is 1. The summed E-state index contributed by atoms with van der Waals surface area (Å²) in [5.41, 5.74) is 1.52. The number of aliphatic carboxylic acids is 2. The molecule has 0 radical (unpaired) electrons. The van der Waals surface area contributed by atoms with Crippen molar-refractivity contribution in [1.82, 2.24) is 4.98 Å². The first-order valence-corrected chi connectivity index (χ1v) is 9.09. The molecule has 1 aliphatic heterocycles. The molecule has 10 nitrogen and oxygen atoms in total. The molecule has 158 valence electrons. The summed E-state index contributed by atoms with van der Waals surface area (Å²) in [5, 5.41) is 21.0. The van der Waals surface area contributed by atoms with Gasteiger partial charge < -0.3 is 29.4 Å². The van der Waals surface area contributed by atoms with E-state index in [1.54, 1.807) is 6.92 Å². The summed E-state index contributed by atoms with van der Waals surface area (Å²) in [7, 11) is 0. The number of rotatable bonds is 6. The average molecular weight is 424 g/mol. The third kappa shape index (κ3) is 3.66. The minimum Gasteiger partial charge on any atom is -0.475 e. The van der Waals surface area contributed by atoms with E-state index in [4.69, 9.17) is 13.9 Å². The molecule has 31 heavy (non-hydrogen) atoms. The summed E-state index contributed by atoms with van der Waals surface area (Å²) in [5.74, 6) is -6.16. The van der Waals surface area contributed by atoms with Crippen LogP contribution in [-0.2, 0) is 20.8 Å². The van der Waals surface area contributed by atoms with Crippen LogP contribution in [0.1, 0.15) is 11.5 Å². The summed E-state index contributed by atoms with van der Waals surface area (Å²) in [6, 6.07) is 13.3. The van der Waals surface area contributed by atoms with Gasteiger partial charge in [0.15, 0.2) is 11.5 Å². The molecule has 1 aliphatic rings. The Kier molecular flexibility index (Phi) is 4.82. The summed E-state index contributed by atoms with van der Waals surface area (Å²) in [6.45, 7) is 1.71. The molecule has 4 rings (SSSR count). The topological polar surface area (TPSA) is 148 Å². The van der Waals surface area contributed by atoms with Crippen molar-refractivity contribution < 1.29 is 38.5 Å². The van der Waals surface area contributed by atoms with Gasteiger partial charge in [-0.3, -0.25) is 4.79 Å². The largest absolute Gasteiger partial charge is 0.475 e. The van der Waals surface area contributed by atoms with Crippen LogP contribution < -0.4 is 14.8 Å². The number of carbonyl (C=O) groups excluding carboxylic acids is 1. The van der Waals surface area contributed by atoms with E-state index in [0.29, 0.717) is 17.3 Å². The molecule has 0 unspecified atom stereocenters. The molecule has 1 aromatic heterocycles. The van der Waals surface area contributed by atoms with E-state index >= 15 is 0 Å². The predicted octanol–water partition coefficient (Wildman–Crippen LogP) is 2.47. The monoisotopic (exact) mass is 424 g/mol. The number of ether oxygens (including phenoxy) is 2. The number of aromatic nitrogens is 1. The fraction of sp³-hybridized carbons (Fsp3) is 0.143. The molecule has 0 fully saturated rings. The van der Waals surface area contributed by atoms with Crippen molar-refractivity contribution >= 4 is 23.5 Å². The van der Waals surface area contributed by atoms with E-state index in [9.17, 15) is 24.6 Å². The summed E-state index contributed by atoms with van der Waals surface area (Å²) < 4.78 is 15.6. The van der Waals surface area contributed by atoms with Crippen molar-refractivity contribution in [3.8, 4) is 23.0 Å². The second-order valence-electron chi connectivity index (χ2n) is 6.71. The Morgan fingerprint density at radius 2 is 1.68 bits per heavy atom. The molecule has 3 aromatic rings. The fourth-order valence-electron chi connectivity index (χ4n) is 3.00. The molecule has 0 spiro atoms. The standard InChI is InChI=1S/C21H16N2O8/c1-11-14(23-18(29-11)12-5-3-2-4-6-12)10-17(24)22-13-7-8-15-16(9-13)31-21(30-15,19(25)26)20(27)28/h2-9H,10H2,1H3,(H,22,24)(H,25,26)(H,27,28). The number of carboxylic acid groups (broad SMARTS) is 2. The van der Waals surface area contributed by atoms with Crippen molar-refractivity contribution in [2.24, 2.45) is 0 Å². The lowest BCUT2D eigenvalue weighted by atomic mass is 10.2. The van der Waals surface area contributed by atoms with Gasteiger partial charge >= 0.3 is 17.7 Å². The zero-order chi connectivity index (χ0) is 22.2. The molecule has 0 saturated carbocycles. The van der Waals surface area contributed by atoms with E-state index in [1.807, 2.05) is 30.3 Å². The molecule has 2 aromatic carbocycles. The van der Waals surface area contributed by atoms with Gasteiger partial charge in [0, 0.05) is 17.3 Å². The number of oxazole rings is 1. The van der Waals surface area contributed by atoms with E-state index in [0.717, 1.165) is 5.56 Å². The van der Waals surface area contributed by atoms with Gasteiger partial charge in [0.2, 0.25) is 11.8 Å². The molecule has 1 amide bonds. The lowest BCUT2D eigenvalue weighted by Crippen LogP contribution is -2.54. The van der Waals surface area contributed by atoms with Gasteiger partial charge in [0.1, 0.15) is 5.76 Å². The minimum absolute atomic E-state index is 0.0647. The molecule has 2 heterocycles. The third-order valence-electron chi connectivity index (χ3n) is 4.54. The first kappa shape index (κ1) is 20.0. The van der Waals surface area contributed by atoms with Crippen molar-refractivity contribution in [2.45, 2.75) is 19.1 Å². The number of carboxylic acids is 2. The highest BCUT2D eigenvalue weighted by Gasteiger charge is 2.57. The Balaban J connectivity index is 1.47. The summed E-state index contributed by atoms with van der Waals surface area (Å²) in [6.07, 6.45) is -0.0647. The lowest BCUT2D eigenvalue weighted by molar-refractivity contribution is -0.194. The Morgan fingerprint density at radius 3 is 2.35 bits per heavy atom. The lowest BCUT2D eigenvalue weighted by Gasteiger charge is -2.16. The van der Waals surface area contributed by atoms with Gasteiger partial charge in [-0.1, -0.05) is 18.2 Å². The van der Waals surface area contributed by atoms with Crippen LogP contribution in [0.2, 0.25) is 0 Å². The molecule has 0 bridgehead atoms. The van der Waals surface area contributed by atoms with Crippen LogP contribution in [0, 0.1) is 6.92 Å². The van der Waals surface area contributed by atoms with Gasteiger partial charge in [0.05, 0.1) is 12.1 Å². The van der Waals surface area contributed by atoms with Crippen molar-refractivity contribution in [2.75, 3.05) is 5.32 Å². The molecule has 0 saturated heterocycles. The number of hydrogen-bond donors (Lipinski definition) is 3. The number of aryl methyl sites for hydroxylation is 1. The molecule has 3 N–H and O–H groups in total. The Labute approximate surface area is 175 Å². The maximum atomic E-state index is 12.5. The van der Waals surface area contributed by atoms with Crippen molar-refractivity contribution in [1.29, 1.82) is 0 Å². The smallest absolute Gasteiger partial charge is 0.453 e. The number of hydrogen-bond acceptors (Lipinski definition) is 7. The average Bonchev–Trinajstić information content (AvgIpc) is 3.30. The van der Waals surface area contributed by atoms with E-state index < -0.39 is 23.6 Å². The first-order chi connectivity index (χ1) is 14.8. The summed E-state index contributed by atoms with van der Waals surface area (Å²) in [4.78, 5) is 39.5. The summed E-state index contributed by atoms with van der Waals surface area (Å²) >= 11 is 0. The van der Waals surface area contributed by atoms with Crippen LogP contribution in [0.4, 0.5) is 5.69 Å². The van der Waals surface area contributed by atoms with Gasteiger partial charge in [-0.25, -0.2) is 14.6 Å². The van der Waals surface area contributed by atoms with Crippen LogP contribution in [-0.4, -0.2) is 38.8 Å². The first-order valence-electron chi connectivity index (χ1n) is 9.09. The van der Waals surface area contributed by atoms with Crippen LogP contribution >= 0.6 is 0 Å². The highest BCUT2D eigenvalue weighted by molar-refractivity contribution is 6.02. The molecule has 10 heteroatoms. The second-order valence-corrected chi connectivity index (χ2v) is 6.71. The molecule has 0 atom stereocenters. The number of nitrogens with zero attached hydrogens (tertiary/aromatic N) is 1. The van der Waals surface area contributed by atoms with Gasteiger partial charge in [-0.05, 0) is 31.2 Å². The fourth-order valence-corrected chi connectivity index (χ4v) is 3.00. The Hall–Kier alpha value is -4.34. The van der Waals surface area contributed by atoms with Crippen LogP contribution in [0.15, 0.2) is 52.9 Å². The molecular weight excluding hydrogens is 408 g/mol. The predicted molar refractivity (Wildman–Crippen MR) is 105 cm³/mol. The molecular formula is C21H16N2O8.